The van der Waals surface area contributed by atoms with Gasteiger partial charge in [-0.2, -0.15) is 0 Å². The normalized spacial score (nSPS) is 10.0. The van der Waals surface area contributed by atoms with Crippen molar-refractivity contribution in [1.82, 2.24) is 0 Å². The summed E-state index contributed by atoms with van der Waals surface area (Å²) in [7, 11) is 1.40. The van der Waals surface area contributed by atoms with Crippen LogP contribution in [0.3, 0.4) is 0 Å². The molecule has 0 bridgehead atoms. The SMILES string of the molecule is CCCc1cc(OC)c(O)c(C(=O)O)c1. The summed E-state index contributed by atoms with van der Waals surface area (Å²) in [5.41, 5.74) is 0.738. The minimum atomic E-state index is -1.15. The van der Waals surface area contributed by atoms with Crippen LogP contribution >= 0.6 is 0 Å². The van der Waals surface area contributed by atoms with E-state index in [9.17, 15) is 9.90 Å². The molecular weight excluding hydrogens is 196 g/mol. The van der Waals surface area contributed by atoms with Crippen LogP contribution in [0.2, 0.25) is 0 Å². The van der Waals surface area contributed by atoms with E-state index in [1.165, 1.54) is 13.2 Å². The number of phenols is 1. The Morgan fingerprint density at radius 1 is 1.47 bits per heavy atom. The van der Waals surface area contributed by atoms with Gasteiger partial charge in [0, 0.05) is 0 Å². The Kier molecular flexibility index (Phi) is 3.55. The molecule has 4 heteroatoms. The van der Waals surface area contributed by atoms with E-state index in [2.05, 4.69) is 0 Å². The number of carbonyl (C=O) groups is 1. The fourth-order valence-corrected chi connectivity index (χ4v) is 1.42. The van der Waals surface area contributed by atoms with Crippen molar-refractivity contribution in [2.75, 3.05) is 7.11 Å². The van der Waals surface area contributed by atoms with Crippen molar-refractivity contribution in [3.05, 3.63) is 23.3 Å². The lowest BCUT2D eigenvalue weighted by atomic mass is 10.0. The molecule has 0 heterocycles. The van der Waals surface area contributed by atoms with Crippen LogP contribution in [0.4, 0.5) is 0 Å². The highest BCUT2D eigenvalue weighted by Gasteiger charge is 2.15. The highest BCUT2D eigenvalue weighted by atomic mass is 16.5. The van der Waals surface area contributed by atoms with Crippen LogP contribution in [0, 0.1) is 0 Å². The Labute approximate surface area is 88.1 Å². The molecule has 82 valence electrons. The maximum atomic E-state index is 10.8. The number of hydrogen-bond acceptors (Lipinski definition) is 3. The van der Waals surface area contributed by atoms with E-state index >= 15 is 0 Å². The maximum Gasteiger partial charge on any atom is 0.339 e. The number of hydrogen-bond donors (Lipinski definition) is 2. The first kappa shape index (κ1) is 11.4. The molecule has 15 heavy (non-hydrogen) atoms. The van der Waals surface area contributed by atoms with Gasteiger partial charge in [0.05, 0.1) is 7.11 Å². The number of aromatic hydroxyl groups is 1. The molecule has 0 unspecified atom stereocenters. The molecule has 0 atom stereocenters. The van der Waals surface area contributed by atoms with Crippen molar-refractivity contribution in [1.29, 1.82) is 0 Å². The van der Waals surface area contributed by atoms with E-state index in [0.29, 0.717) is 0 Å². The van der Waals surface area contributed by atoms with Crippen LogP contribution in [-0.2, 0) is 6.42 Å². The van der Waals surface area contributed by atoms with Gasteiger partial charge >= 0.3 is 5.97 Å². The van der Waals surface area contributed by atoms with Crippen LogP contribution in [0.15, 0.2) is 12.1 Å². The summed E-state index contributed by atoms with van der Waals surface area (Å²) in [4.78, 5) is 10.8. The molecule has 0 amide bonds. The Balaban J connectivity index is 3.25. The second-order valence-corrected chi connectivity index (χ2v) is 3.25. The van der Waals surface area contributed by atoms with Crippen molar-refractivity contribution >= 4 is 5.97 Å². The van der Waals surface area contributed by atoms with Gasteiger partial charge in [0.2, 0.25) is 0 Å². The van der Waals surface area contributed by atoms with Gasteiger partial charge in [-0.05, 0) is 24.1 Å². The minimum absolute atomic E-state index is 0.113. The third-order valence-electron chi connectivity index (χ3n) is 2.12. The second-order valence-electron chi connectivity index (χ2n) is 3.25. The van der Waals surface area contributed by atoms with Crippen molar-refractivity contribution in [2.24, 2.45) is 0 Å². The highest BCUT2D eigenvalue weighted by molar-refractivity contribution is 5.92. The summed E-state index contributed by atoms with van der Waals surface area (Å²) in [6.07, 6.45) is 1.67. The van der Waals surface area contributed by atoms with Crippen LogP contribution in [0.5, 0.6) is 11.5 Å². The average Bonchev–Trinajstić information content (AvgIpc) is 2.20. The number of rotatable bonds is 4. The highest BCUT2D eigenvalue weighted by Crippen LogP contribution is 2.31. The lowest BCUT2D eigenvalue weighted by Crippen LogP contribution is -2.00. The fraction of sp³-hybridized carbons (Fsp3) is 0.364. The average molecular weight is 210 g/mol. The number of carboxylic acid groups (broad SMARTS) is 1. The molecule has 1 rings (SSSR count). The summed E-state index contributed by atoms with van der Waals surface area (Å²) in [6.45, 7) is 2.00. The second kappa shape index (κ2) is 4.68. The van der Waals surface area contributed by atoms with Gasteiger partial charge in [-0.15, -0.1) is 0 Å². The molecular formula is C11H14O4. The third-order valence-corrected chi connectivity index (χ3v) is 2.12. The number of carboxylic acids is 1. The van der Waals surface area contributed by atoms with Crippen LogP contribution in [0.25, 0.3) is 0 Å². The van der Waals surface area contributed by atoms with E-state index in [1.807, 2.05) is 6.92 Å². The monoisotopic (exact) mass is 210 g/mol. The van der Waals surface area contributed by atoms with E-state index < -0.39 is 5.97 Å². The Morgan fingerprint density at radius 3 is 2.60 bits per heavy atom. The molecule has 0 aromatic heterocycles. The number of aromatic carboxylic acids is 1. The molecule has 0 spiro atoms. The molecule has 1 aromatic rings. The first-order chi connectivity index (χ1) is 7.10. The van der Waals surface area contributed by atoms with Gasteiger partial charge in [-0.1, -0.05) is 13.3 Å². The van der Waals surface area contributed by atoms with Gasteiger partial charge in [0.25, 0.3) is 0 Å². The smallest absolute Gasteiger partial charge is 0.339 e. The summed E-state index contributed by atoms with van der Waals surface area (Å²) in [5.74, 6) is -1.26. The fourth-order valence-electron chi connectivity index (χ4n) is 1.42. The molecule has 0 aliphatic carbocycles. The van der Waals surface area contributed by atoms with E-state index in [-0.39, 0.29) is 17.1 Å². The van der Waals surface area contributed by atoms with Gasteiger partial charge < -0.3 is 14.9 Å². The molecule has 0 fully saturated rings. The molecule has 0 aliphatic heterocycles. The summed E-state index contributed by atoms with van der Waals surface area (Å²) < 4.78 is 4.91. The number of methoxy groups -OCH3 is 1. The molecule has 2 N–H and O–H groups in total. The maximum absolute atomic E-state index is 10.8. The van der Waals surface area contributed by atoms with Crippen molar-refractivity contribution < 1.29 is 19.7 Å². The molecule has 1 aromatic carbocycles. The van der Waals surface area contributed by atoms with Crippen LogP contribution in [0.1, 0.15) is 29.3 Å². The first-order valence-corrected chi connectivity index (χ1v) is 4.73. The van der Waals surface area contributed by atoms with Crippen LogP contribution < -0.4 is 4.74 Å². The van der Waals surface area contributed by atoms with E-state index in [0.717, 1.165) is 18.4 Å². The van der Waals surface area contributed by atoms with Crippen molar-refractivity contribution in [2.45, 2.75) is 19.8 Å². The Hall–Kier alpha value is -1.71. The number of aryl methyl sites for hydroxylation is 1. The van der Waals surface area contributed by atoms with Gasteiger partial charge in [-0.25, -0.2) is 4.79 Å². The predicted molar refractivity (Wildman–Crippen MR) is 55.6 cm³/mol. The quantitative estimate of drug-likeness (QED) is 0.798. The van der Waals surface area contributed by atoms with Crippen molar-refractivity contribution in [3.8, 4) is 11.5 Å². The third kappa shape index (κ3) is 2.40. The summed E-state index contributed by atoms with van der Waals surface area (Å²) in [5, 5.41) is 18.4. The number of benzene rings is 1. The van der Waals surface area contributed by atoms with Crippen molar-refractivity contribution in [3.63, 3.8) is 0 Å². The Bertz CT molecular complexity index is 371. The largest absolute Gasteiger partial charge is 0.504 e. The zero-order chi connectivity index (χ0) is 11.4. The van der Waals surface area contributed by atoms with E-state index in [1.54, 1.807) is 6.07 Å². The Morgan fingerprint density at radius 2 is 2.13 bits per heavy atom. The van der Waals surface area contributed by atoms with Crippen LogP contribution in [-0.4, -0.2) is 23.3 Å². The zero-order valence-electron chi connectivity index (χ0n) is 8.78. The van der Waals surface area contributed by atoms with Gasteiger partial charge in [-0.3, -0.25) is 0 Å². The molecule has 0 saturated carbocycles. The topological polar surface area (TPSA) is 66.8 Å². The summed E-state index contributed by atoms with van der Waals surface area (Å²) in [6, 6.07) is 3.13. The predicted octanol–water partition coefficient (Wildman–Crippen LogP) is 2.05. The number of ether oxygens (including phenoxy) is 1. The summed E-state index contributed by atoms with van der Waals surface area (Å²) >= 11 is 0. The lowest BCUT2D eigenvalue weighted by Gasteiger charge is -2.09. The molecule has 0 saturated heterocycles. The first-order valence-electron chi connectivity index (χ1n) is 4.73. The van der Waals surface area contributed by atoms with Gasteiger partial charge in [0.15, 0.2) is 11.5 Å². The molecule has 4 nitrogen and oxygen atoms in total. The van der Waals surface area contributed by atoms with E-state index in [4.69, 9.17) is 9.84 Å². The minimum Gasteiger partial charge on any atom is -0.504 e. The van der Waals surface area contributed by atoms with Gasteiger partial charge in [0.1, 0.15) is 5.56 Å². The zero-order valence-corrected chi connectivity index (χ0v) is 8.78. The molecule has 0 radical (unpaired) electrons. The molecule has 0 aliphatic rings. The lowest BCUT2D eigenvalue weighted by molar-refractivity contribution is 0.0693. The standard InChI is InChI=1S/C11H14O4/c1-3-4-7-5-8(11(13)14)10(12)9(6-7)15-2/h5-6,12H,3-4H2,1-2H3,(H,13,14).